The summed E-state index contributed by atoms with van der Waals surface area (Å²) in [6.45, 7) is 8.33. The number of nitrogens with one attached hydrogen (secondary N) is 1. The van der Waals surface area contributed by atoms with Crippen molar-refractivity contribution in [3.8, 4) is 21.1 Å². The first kappa shape index (κ1) is 20.4. The van der Waals surface area contributed by atoms with Gasteiger partial charge >= 0.3 is 0 Å². The predicted octanol–water partition coefficient (Wildman–Crippen LogP) is 4.38. The second-order valence-corrected chi connectivity index (χ2v) is 9.34. The van der Waals surface area contributed by atoms with Crippen molar-refractivity contribution in [2.24, 2.45) is 0 Å². The second-order valence-electron chi connectivity index (χ2n) is 8.26. The van der Waals surface area contributed by atoms with E-state index in [0.29, 0.717) is 0 Å². The summed E-state index contributed by atoms with van der Waals surface area (Å²) in [6.07, 6.45) is 0. The predicted molar refractivity (Wildman–Crippen MR) is 128 cm³/mol. The van der Waals surface area contributed by atoms with Crippen LogP contribution in [0.3, 0.4) is 0 Å². The molecule has 1 aliphatic rings. The van der Waals surface area contributed by atoms with Crippen LogP contribution in [0.1, 0.15) is 11.1 Å². The van der Waals surface area contributed by atoms with Crippen molar-refractivity contribution in [3.63, 3.8) is 0 Å². The number of fused-ring (bicyclic) bond motifs is 1. The molecule has 0 spiro atoms. The number of aliphatic hydroxyl groups is 1. The van der Waals surface area contributed by atoms with Crippen LogP contribution in [-0.4, -0.2) is 64.2 Å². The van der Waals surface area contributed by atoms with Crippen LogP contribution in [0.5, 0.6) is 0 Å². The summed E-state index contributed by atoms with van der Waals surface area (Å²) >= 11 is 1.78. The van der Waals surface area contributed by atoms with Gasteiger partial charge in [-0.25, -0.2) is 4.98 Å². The van der Waals surface area contributed by atoms with E-state index in [-0.39, 0.29) is 6.61 Å². The van der Waals surface area contributed by atoms with Gasteiger partial charge in [-0.2, -0.15) is 0 Å². The van der Waals surface area contributed by atoms with Gasteiger partial charge in [0.1, 0.15) is 5.82 Å². The number of imidazole rings is 1. The Bertz CT molecular complexity index is 1160. The Hall–Kier alpha value is -2.51. The van der Waals surface area contributed by atoms with E-state index in [4.69, 9.17) is 10.1 Å². The molecule has 1 fully saturated rings. The minimum absolute atomic E-state index is 0.252. The third-order valence-electron chi connectivity index (χ3n) is 6.08. The van der Waals surface area contributed by atoms with Crippen LogP contribution in [0.15, 0.2) is 54.6 Å². The monoisotopic (exact) mass is 432 g/mol. The zero-order valence-electron chi connectivity index (χ0n) is 17.8. The number of H-pyrrole nitrogens is 1. The number of thiophene rings is 1. The van der Waals surface area contributed by atoms with Crippen molar-refractivity contribution in [2.75, 3.05) is 39.3 Å². The molecule has 1 aliphatic heterocycles. The summed E-state index contributed by atoms with van der Waals surface area (Å²) in [6, 6.07) is 19.6. The summed E-state index contributed by atoms with van der Waals surface area (Å²) in [7, 11) is 0. The van der Waals surface area contributed by atoms with Gasteiger partial charge in [-0.05, 0) is 41.8 Å². The summed E-state index contributed by atoms with van der Waals surface area (Å²) in [4.78, 5) is 15.5. The highest BCUT2D eigenvalue weighted by molar-refractivity contribution is 7.18. The number of hydrogen-bond acceptors (Lipinski definition) is 5. The lowest BCUT2D eigenvalue weighted by Gasteiger charge is -2.34. The Morgan fingerprint density at radius 3 is 2.42 bits per heavy atom. The number of aromatic amines is 1. The maximum Gasteiger partial charge on any atom is 0.148 e. The van der Waals surface area contributed by atoms with Gasteiger partial charge in [0.25, 0.3) is 0 Å². The molecule has 4 aromatic rings. The Morgan fingerprint density at radius 1 is 0.935 bits per heavy atom. The third-order valence-corrected chi connectivity index (χ3v) is 7.22. The topological polar surface area (TPSA) is 55.4 Å². The SMILES string of the molecule is Cc1cccc2[nH]c(-c3ccc(-c4ccc(CN5CCN(CCO)CC5)cc4)s3)nc12. The first-order chi connectivity index (χ1) is 15.2. The number of β-amino-alcohol motifs (C(OH)–C–C–N with tert-alkyl or cyclic N) is 1. The van der Waals surface area contributed by atoms with Crippen molar-refractivity contribution >= 4 is 22.4 Å². The van der Waals surface area contributed by atoms with E-state index in [1.54, 1.807) is 11.3 Å². The normalized spacial score (nSPS) is 15.7. The van der Waals surface area contributed by atoms with Crippen LogP contribution in [0.2, 0.25) is 0 Å². The zero-order valence-corrected chi connectivity index (χ0v) is 18.7. The first-order valence-corrected chi connectivity index (χ1v) is 11.7. The molecule has 3 heterocycles. The fourth-order valence-corrected chi connectivity index (χ4v) is 5.21. The largest absolute Gasteiger partial charge is 0.395 e. The smallest absolute Gasteiger partial charge is 0.148 e. The van der Waals surface area contributed by atoms with Crippen molar-refractivity contribution < 1.29 is 5.11 Å². The van der Waals surface area contributed by atoms with E-state index in [1.807, 2.05) is 0 Å². The lowest BCUT2D eigenvalue weighted by molar-refractivity contribution is 0.108. The van der Waals surface area contributed by atoms with Gasteiger partial charge < -0.3 is 10.1 Å². The molecule has 0 saturated carbocycles. The highest BCUT2D eigenvalue weighted by Gasteiger charge is 2.16. The van der Waals surface area contributed by atoms with E-state index in [9.17, 15) is 0 Å². The van der Waals surface area contributed by atoms with Crippen LogP contribution >= 0.6 is 11.3 Å². The van der Waals surface area contributed by atoms with E-state index < -0.39 is 0 Å². The Morgan fingerprint density at radius 2 is 1.68 bits per heavy atom. The van der Waals surface area contributed by atoms with Crippen LogP contribution in [0, 0.1) is 6.92 Å². The zero-order chi connectivity index (χ0) is 21.2. The molecule has 0 atom stereocenters. The maximum atomic E-state index is 9.09. The van der Waals surface area contributed by atoms with Crippen molar-refractivity contribution in [1.82, 2.24) is 19.8 Å². The molecule has 160 valence electrons. The molecule has 5 nitrogen and oxygen atoms in total. The van der Waals surface area contributed by atoms with E-state index in [0.717, 1.165) is 61.0 Å². The van der Waals surface area contributed by atoms with Gasteiger partial charge in [0.15, 0.2) is 0 Å². The number of nitrogens with zero attached hydrogens (tertiary/aromatic N) is 3. The van der Waals surface area contributed by atoms with Crippen LogP contribution in [-0.2, 0) is 6.54 Å². The molecule has 6 heteroatoms. The third kappa shape index (κ3) is 4.43. The van der Waals surface area contributed by atoms with Gasteiger partial charge in [0, 0.05) is 44.1 Å². The van der Waals surface area contributed by atoms with Crippen molar-refractivity contribution in [2.45, 2.75) is 13.5 Å². The molecule has 0 aliphatic carbocycles. The molecule has 2 aromatic carbocycles. The van der Waals surface area contributed by atoms with Crippen LogP contribution in [0.25, 0.3) is 32.2 Å². The lowest BCUT2D eigenvalue weighted by Crippen LogP contribution is -2.46. The van der Waals surface area contributed by atoms with Crippen molar-refractivity contribution in [1.29, 1.82) is 0 Å². The fraction of sp³-hybridized carbons (Fsp3) is 0.320. The summed E-state index contributed by atoms with van der Waals surface area (Å²) in [5.74, 6) is 0.942. The van der Waals surface area contributed by atoms with Gasteiger partial charge in [0.2, 0.25) is 0 Å². The summed E-state index contributed by atoms with van der Waals surface area (Å²) in [5.41, 5.74) is 5.94. The molecule has 31 heavy (non-hydrogen) atoms. The Labute approximate surface area is 187 Å². The molecular weight excluding hydrogens is 404 g/mol. The molecule has 1 saturated heterocycles. The number of aliphatic hydroxyl groups excluding tert-OH is 1. The molecule has 0 radical (unpaired) electrons. The fourth-order valence-electron chi connectivity index (χ4n) is 4.26. The van der Waals surface area contributed by atoms with Gasteiger partial charge in [0.05, 0.1) is 22.5 Å². The number of aryl methyl sites for hydroxylation is 1. The van der Waals surface area contributed by atoms with Gasteiger partial charge in [-0.3, -0.25) is 9.80 Å². The molecule has 0 unspecified atom stereocenters. The van der Waals surface area contributed by atoms with Crippen LogP contribution < -0.4 is 0 Å². The number of hydrogen-bond donors (Lipinski definition) is 2. The Kier molecular flexibility index (Phi) is 5.87. The standard InChI is InChI=1S/C25H28N4OS/c1-18-3-2-4-21-24(18)27-25(26-21)23-10-9-22(31-23)20-7-5-19(6-8-20)17-29-13-11-28(12-14-29)15-16-30/h2-10,30H,11-17H2,1H3,(H,26,27). The first-order valence-electron chi connectivity index (χ1n) is 10.9. The maximum absolute atomic E-state index is 9.09. The molecule has 0 bridgehead atoms. The second kappa shape index (κ2) is 8.93. The molecule has 5 rings (SSSR count). The lowest BCUT2D eigenvalue weighted by atomic mass is 10.1. The molecule has 2 aromatic heterocycles. The average molecular weight is 433 g/mol. The van der Waals surface area contributed by atoms with Crippen molar-refractivity contribution in [3.05, 3.63) is 65.7 Å². The quantitative estimate of drug-likeness (QED) is 0.475. The number of para-hydroxylation sites is 1. The minimum Gasteiger partial charge on any atom is -0.395 e. The molecule has 0 amide bonds. The minimum atomic E-state index is 0.252. The van der Waals surface area contributed by atoms with E-state index >= 15 is 0 Å². The molecular formula is C25H28N4OS. The Balaban J connectivity index is 1.26. The van der Waals surface area contributed by atoms with Crippen LogP contribution in [0.4, 0.5) is 0 Å². The number of piperazine rings is 1. The highest BCUT2D eigenvalue weighted by atomic mass is 32.1. The van der Waals surface area contributed by atoms with Gasteiger partial charge in [-0.1, -0.05) is 36.4 Å². The van der Waals surface area contributed by atoms with Gasteiger partial charge in [-0.15, -0.1) is 11.3 Å². The number of rotatable bonds is 6. The summed E-state index contributed by atoms with van der Waals surface area (Å²) < 4.78 is 0. The van der Waals surface area contributed by atoms with E-state index in [2.05, 4.69) is 76.3 Å². The number of aromatic nitrogens is 2. The average Bonchev–Trinajstić information content (AvgIpc) is 3.44. The van der Waals surface area contributed by atoms with E-state index in [1.165, 1.54) is 21.6 Å². The highest BCUT2D eigenvalue weighted by Crippen LogP contribution is 2.34. The molecule has 2 N–H and O–H groups in total. The summed E-state index contributed by atoms with van der Waals surface area (Å²) in [5, 5.41) is 9.09. The number of benzene rings is 2.